The average Bonchev–Trinajstić information content (AvgIpc) is 3.37. The Kier molecular flexibility index (Phi) is 5.19. The molecule has 1 aliphatic rings. The number of carbonyl (C=O) groups is 1. The summed E-state index contributed by atoms with van der Waals surface area (Å²) in [5.74, 6) is 0.167. The van der Waals surface area contributed by atoms with E-state index in [4.69, 9.17) is 16.6 Å². The number of hydrogen-bond acceptors (Lipinski definition) is 4. The van der Waals surface area contributed by atoms with Crippen molar-refractivity contribution in [3.8, 4) is 11.3 Å². The number of halogens is 1. The van der Waals surface area contributed by atoms with Crippen molar-refractivity contribution < 1.29 is 4.79 Å². The Labute approximate surface area is 184 Å². The van der Waals surface area contributed by atoms with Gasteiger partial charge in [-0.1, -0.05) is 41.9 Å². The number of thiazole rings is 1. The molecule has 2 aromatic heterocycles. The lowest BCUT2D eigenvalue weighted by atomic mass is 10.2. The number of carbonyl (C=O) groups excluding carboxylic acids is 1. The van der Waals surface area contributed by atoms with Crippen LogP contribution in [0.4, 0.5) is 5.69 Å². The number of rotatable bonds is 4. The van der Waals surface area contributed by atoms with Crippen LogP contribution in [0.5, 0.6) is 0 Å². The van der Waals surface area contributed by atoms with Crippen LogP contribution in [0.15, 0.2) is 66.2 Å². The maximum absolute atomic E-state index is 12.9. The number of benzene rings is 2. The van der Waals surface area contributed by atoms with Crippen LogP contribution in [0.25, 0.3) is 16.2 Å². The molecule has 152 valence electrons. The molecule has 1 fully saturated rings. The number of fused-ring (bicyclic) bond motifs is 1. The van der Waals surface area contributed by atoms with Gasteiger partial charge in [-0.15, -0.1) is 11.3 Å². The summed E-state index contributed by atoms with van der Waals surface area (Å²) in [5.41, 5.74) is 4.17. The van der Waals surface area contributed by atoms with Crippen molar-refractivity contribution in [3.63, 3.8) is 0 Å². The molecule has 3 heterocycles. The zero-order chi connectivity index (χ0) is 20.5. The molecule has 7 heteroatoms. The van der Waals surface area contributed by atoms with E-state index in [1.165, 1.54) is 0 Å². The molecule has 2 aromatic carbocycles. The largest absolute Gasteiger partial charge is 0.368 e. The first-order valence-corrected chi connectivity index (χ1v) is 11.2. The molecule has 0 spiro atoms. The lowest BCUT2D eigenvalue weighted by Gasteiger charge is -2.36. The van der Waals surface area contributed by atoms with E-state index in [2.05, 4.69) is 21.4 Å². The maximum atomic E-state index is 12.9. The van der Waals surface area contributed by atoms with Crippen LogP contribution in [0.3, 0.4) is 0 Å². The third kappa shape index (κ3) is 3.80. The Balaban J connectivity index is 1.25. The van der Waals surface area contributed by atoms with E-state index in [1.807, 2.05) is 58.9 Å². The van der Waals surface area contributed by atoms with E-state index in [0.29, 0.717) is 6.42 Å². The number of piperazine rings is 1. The summed E-state index contributed by atoms with van der Waals surface area (Å²) in [5, 5.41) is 2.78. The Morgan fingerprint density at radius 2 is 1.73 bits per heavy atom. The molecule has 0 radical (unpaired) electrons. The standard InChI is InChI=1S/C23H21ClN4OS/c24-18-6-8-19(9-7-18)26-10-12-27(13-11-26)22(29)14-20-16-30-23-25-21(15-28(20)23)17-4-2-1-3-5-17/h1-9,15-16H,10-14H2. The van der Waals surface area contributed by atoms with Gasteiger partial charge in [0.1, 0.15) is 0 Å². The van der Waals surface area contributed by atoms with Crippen LogP contribution in [0, 0.1) is 0 Å². The van der Waals surface area contributed by atoms with E-state index < -0.39 is 0 Å². The lowest BCUT2D eigenvalue weighted by molar-refractivity contribution is -0.130. The Hall–Kier alpha value is -2.83. The van der Waals surface area contributed by atoms with Gasteiger partial charge < -0.3 is 9.80 Å². The molecule has 5 rings (SSSR count). The Morgan fingerprint density at radius 3 is 2.47 bits per heavy atom. The minimum Gasteiger partial charge on any atom is -0.368 e. The SMILES string of the molecule is O=C(Cc1csc2nc(-c3ccccc3)cn12)N1CCN(c2ccc(Cl)cc2)CC1. The molecule has 1 saturated heterocycles. The fraction of sp³-hybridized carbons (Fsp3) is 0.217. The third-order valence-corrected chi connectivity index (χ3v) is 6.65. The Bertz CT molecular complexity index is 1160. The molecule has 0 saturated carbocycles. The fourth-order valence-electron chi connectivity index (χ4n) is 3.84. The zero-order valence-corrected chi connectivity index (χ0v) is 17.9. The Morgan fingerprint density at radius 1 is 1.00 bits per heavy atom. The topological polar surface area (TPSA) is 40.9 Å². The second-order valence-corrected chi connectivity index (χ2v) is 8.67. The molecule has 0 atom stereocenters. The van der Waals surface area contributed by atoms with Gasteiger partial charge in [-0.05, 0) is 24.3 Å². The highest BCUT2D eigenvalue weighted by Gasteiger charge is 2.22. The fourth-order valence-corrected chi connectivity index (χ4v) is 4.84. The minimum absolute atomic E-state index is 0.167. The van der Waals surface area contributed by atoms with E-state index in [1.54, 1.807) is 11.3 Å². The van der Waals surface area contributed by atoms with Crippen LogP contribution >= 0.6 is 22.9 Å². The highest BCUT2D eigenvalue weighted by molar-refractivity contribution is 7.15. The normalized spacial score (nSPS) is 14.4. The average molecular weight is 437 g/mol. The third-order valence-electron chi connectivity index (χ3n) is 5.51. The van der Waals surface area contributed by atoms with Crippen molar-refractivity contribution in [1.82, 2.24) is 14.3 Å². The monoisotopic (exact) mass is 436 g/mol. The van der Waals surface area contributed by atoms with Gasteiger partial charge in [0.2, 0.25) is 5.91 Å². The summed E-state index contributed by atoms with van der Waals surface area (Å²) in [6.07, 6.45) is 2.42. The van der Waals surface area contributed by atoms with Crippen LogP contribution < -0.4 is 4.90 Å². The van der Waals surface area contributed by atoms with Crippen molar-refractivity contribution in [2.24, 2.45) is 0 Å². The second-order valence-electron chi connectivity index (χ2n) is 7.39. The van der Waals surface area contributed by atoms with E-state index in [0.717, 1.165) is 58.8 Å². The number of aromatic nitrogens is 2. The predicted octanol–water partition coefficient (Wildman–Crippen LogP) is 4.61. The van der Waals surface area contributed by atoms with Gasteiger partial charge in [-0.25, -0.2) is 4.98 Å². The number of imidazole rings is 1. The number of amides is 1. The molecule has 30 heavy (non-hydrogen) atoms. The summed E-state index contributed by atoms with van der Waals surface area (Å²) in [6.45, 7) is 3.12. The van der Waals surface area contributed by atoms with Gasteiger partial charge in [0.25, 0.3) is 0 Å². The van der Waals surface area contributed by atoms with Gasteiger partial charge >= 0.3 is 0 Å². The van der Waals surface area contributed by atoms with Gasteiger partial charge in [0, 0.05) is 59.7 Å². The van der Waals surface area contributed by atoms with Crippen LogP contribution in [0.1, 0.15) is 5.69 Å². The summed E-state index contributed by atoms with van der Waals surface area (Å²) in [6, 6.07) is 18.0. The van der Waals surface area contributed by atoms with Gasteiger partial charge in [0.05, 0.1) is 12.1 Å². The van der Waals surface area contributed by atoms with Crippen LogP contribution in [-0.2, 0) is 11.2 Å². The van der Waals surface area contributed by atoms with E-state index in [9.17, 15) is 4.79 Å². The van der Waals surface area contributed by atoms with Crippen molar-refractivity contribution in [3.05, 3.63) is 76.9 Å². The molecule has 0 bridgehead atoms. The van der Waals surface area contributed by atoms with Crippen LogP contribution in [0.2, 0.25) is 5.02 Å². The second kappa shape index (κ2) is 8.13. The van der Waals surface area contributed by atoms with Gasteiger partial charge in [0.15, 0.2) is 4.96 Å². The highest BCUT2D eigenvalue weighted by atomic mass is 35.5. The first kappa shape index (κ1) is 19.2. The number of nitrogens with zero attached hydrogens (tertiary/aromatic N) is 4. The molecular formula is C23H21ClN4OS. The maximum Gasteiger partial charge on any atom is 0.228 e. The van der Waals surface area contributed by atoms with E-state index in [-0.39, 0.29) is 5.91 Å². The van der Waals surface area contributed by atoms with Crippen molar-refractivity contribution in [1.29, 1.82) is 0 Å². The van der Waals surface area contributed by atoms with Gasteiger partial charge in [-0.2, -0.15) is 0 Å². The molecular weight excluding hydrogens is 416 g/mol. The lowest BCUT2D eigenvalue weighted by Crippen LogP contribution is -2.49. The summed E-state index contributed by atoms with van der Waals surface area (Å²) < 4.78 is 2.05. The smallest absolute Gasteiger partial charge is 0.228 e. The van der Waals surface area contributed by atoms with Crippen molar-refractivity contribution >= 4 is 39.5 Å². The molecule has 1 amide bonds. The molecule has 5 nitrogen and oxygen atoms in total. The first-order chi connectivity index (χ1) is 14.7. The molecule has 0 N–H and O–H groups in total. The van der Waals surface area contributed by atoms with Crippen LogP contribution in [-0.4, -0.2) is 46.4 Å². The summed E-state index contributed by atoms with van der Waals surface area (Å²) >= 11 is 7.56. The predicted molar refractivity (Wildman–Crippen MR) is 122 cm³/mol. The summed E-state index contributed by atoms with van der Waals surface area (Å²) in [4.78, 5) is 22.8. The van der Waals surface area contributed by atoms with Crippen molar-refractivity contribution in [2.75, 3.05) is 31.1 Å². The minimum atomic E-state index is 0.167. The molecule has 1 aliphatic heterocycles. The number of anilines is 1. The van der Waals surface area contributed by atoms with E-state index >= 15 is 0 Å². The molecule has 0 unspecified atom stereocenters. The molecule has 0 aliphatic carbocycles. The first-order valence-electron chi connectivity index (χ1n) is 9.96. The highest BCUT2D eigenvalue weighted by Crippen LogP contribution is 2.24. The zero-order valence-electron chi connectivity index (χ0n) is 16.4. The molecule has 4 aromatic rings. The number of hydrogen-bond donors (Lipinski definition) is 0. The van der Waals surface area contributed by atoms with Gasteiger partial charge in [-0.3, -0.25) is 9.20 Å². The quantitative estimate of drug-likeness (QED) is 0.469. The summed E-state index contributed by atoms with van der Waals surface area (Å²) in [7, 11) is 0. The van der Waals surface area contributed by atoms with Crippen molar-refractivity contribution in [2.45, 2.75) is 6.42 Å².